The third-order valence-corrected chi connectivity index (χ3v) is 5.93. The Morgan fingerprint density at radius 2 is 1.79 bits per heavy atom. The van der Waals surface area contributed by atoms with E-state index >= 15 is 0 Å². The number of nitriles is 1. The molecule has 0 bridgehead atoms. The number of carbonyl (C=O) groups is 1. The third-order valence-electron chi connectivity index (χ3n) is 4.89. The molecule has 1 unspecified atom stereocenters. The summed E-state index contributed by atoms with van der Waals surface area (Å²) in [6.45, 7) is 4.05. The second-order valence-electron chi connectivity index (χ2n) is 6.98. The molecule has 0 N–H and O–H groups in total. The Morgan fingerprint density at radius 1 is 1.14 bits per heavy atom. The van der Waals surface area contributed by atoms with Crippen LogP contribution in [0.4, 0.5) is 5.69 Å². The van der Waals surface area contributed by atoms with Crippen LogP contribution >= 0.6 is 39.1 Å². The van der Waals surface area contributed by atoms with Crippen molar-refractivity contribution < 1.29 is 4.79 Å². The number of benzene rings is 2. The van der Waals surface area contributed by atoms with E-state index in [1.54, 1.807) is 35.2 Å². The molecule has 3 aromatic rings. The maximum absolute atomic E-state index is 13.5. The van der Waals surface area contributed by atoms with Crippen molar-refractivity contribution in [2.45, 2.75) is 25.9 Å². The number of imidazole rings is 1. The van der Waals surface area contributed by atoms with Crippen LogP contribution in [0.5, 0.6) is 0 Å². The average Bonchev–Trinajstić information content (AvgIpc) is 3.15. The van der Waals surface area contributed by atoms with Gasteiger partial charge in [-0.2, -0.15) is 5.26 Å². The Hall–Kier alpha value is -2.33. The van der Waals surface area contributed by atoms with E-state index in [9.17, 15) is 10.1 Å². The molecule has 0 spiro atoms. The lowest BCUT2D eigenvalue weighted by Crippen LogP contribution is -2.31. The standard InChI is InChI=1S/C21H15BrCl2N4O/c1-11(2)27-19-17(26-21(27)22)20(29)28(16-9-15(24)8-5-13(16)10-25)18(19)12-3-6-14(23)7-4-12/h3-9,11,18H,1-2H3. The van der Waals surface area contributed by atoms with E-state index in [1.165, 1.54) is 0 Å². The molecule has 1 aliphatic heterocycles. The molecule has 146 valence electrons. The molecule has 0 aliphatic carbocycles. The first kappa shape index (κ1) is 20.0. The number of halogens is 3. The van der Waals surface area contributed by atoms with Gasteiger partial charge in [-0.25, -0.2) is 4.98 Å². The van der Waals surface area contributed by atoms with E-state index < -0.39 is 6.04 Å². The lowest BCUT2D eigenvalue weighted by molar-refractivity contribution is 0.0989. The summed E-state index contributed by atoms with van der Waals surface area (Å²) in [4.78, 5) is 19.5. The molecular formula is C21H15BrCl2N4O. The fourth-order valence-corrected chi connectivity index (χ4v) is 4.75. The zero-order chi connectivity index (χ0) is 20.9. The second kappa shape index (κ2) is 7.49. The topological polar surface area (TPSA) is 61.9 Å². The lowest BCUT2D eigenvalue weighted by atomic mass is 10.0. The van der Waals surface area contributed by atoms with E-state index in [1.807, 2.05) is 30.5 Å². The van der Waals surface area contributed by atoms with E-state index in [2.05, 4.69) is 27.0 Å². The molecule has 5 nitrogen and oxygen atoms in total. The van der Waals surface area contributed by atoms with Gasteiger partial charge in [0.05, 0.1) is 16.9 Å². The SMILES string of the molecule is CC(C)n1c(Br)nc2c1C(c1ccc(Cl)cc1)N(c1cc(Cl)ccc1C#N)C2=O. The van der Waals surface area contributed by atoms with Crippen LogP contribution in [0.3, 0.4) is 0 Å². The van der Waals surface area contributed by atoms with E-state index in [0.29, 0.717) is 31.7 Å². The monoisotopic (exact) mass is 488 g/mol. The molecule has 1 atom stereocenters. The quantitative estimate of drug-likeness (QED) is 0.442. The molecule has 0 saturated carbocycles. The van der Waals surface area contributed by atoms with E-state index in [0.717, 1.165) is 11.3 Å². The zero-order valence-electron chi connectivity index (χ0n) is 15.5. The second-order valence-corrected chi connectivity index (χ2v) is 8.56. The summed E-state index contributed by atoms with van der Waals surface area (Å²) in [7, 11) is 0. The van der Waals surface area contributed by atoms with Gasteiger partial charge in [0.15, 0.2) is 10.4 Å². The first-order valence-electron chi connectivity index (χ1n) is 8.89. The summed E-state index contributed by atoms with van der Waals surface area (Å²) in [5.74, 6) is -0.279. The first-order valence-corrected chi connectivity index (χ1v) is 10.4. The van der Waals surface area contributed by atoms with Gasteiger partial charge in [-0.15, -0.1) is 0 Å². The number of rotatable bonds is 3. The van der Waals surface area contributed by atoms with Crippen LogP contribution in [0.25, 0.3) is 0 Å². The summed E-state index contributed by atoms with van der Waals surface area (Å²) in [6, 6.07) is 14.0. The summed E-state index contributed by atoms with van der Waals surface area (Å²) in [6.07, 6.45) is 0. The maximum Gasteiger partial charge on any atom is 0.279 e. The summed E-state index contributed by atoms with van der Waals surface area (Å²) in [5, 5.41) is 10.7. The van der Waals surface area contributed by atoms with Crippen LogP contribution in [0.2, 0.25) is 10.0 Å². The third kappa shape index (κ3) is 3.24. The minimum absolute atomic E-state index is 0.0676. The predicted octanol–water partition coefficient (Wildman–Crippen LogP) is 6.15. The molecule has 0 saturated heterocycles. The summed E-state index contributed by atoms with van der Waals surface area (Å²) in [5.41, 5.74) is 2.80. The van der Waals surface area contributed by atoms with Gasteiger partial charge >= 0.3 is 0 Å². The first-order chi connectivity index (χ1) is 13.8. The van der Waals surface area contributed by atoms with E-state index in [4.69, 9.17) is 23.2 Å². The maximum atomic E-state index is 13.5. The van der Waals surface area contributed by atoms with Crippen molar-refractivity contribution in [2.75, 3.05) is 4.90 Å². The van der Waals surface area contributed by atoms with Gasteiger partial charge in [-0.05, 0) is 65.7 Å². The highest BCUT2D eigenvalue weighted by Crippen LogP contribution is 2.45. The number of aromatic nitrogens is 2. The molecule has 29 heavy (non-hydrogen) atoms. The highest BCUT2D eigenvalue weighted by molar-refractivity contribution is 9.10. The van der Waals surface area contributed by atoms with Crippen LogP contribution in [-0.2, 0) is 0 Å². The Morgan fingerprint density at radius 3 is 2.41 bits per heavy atom. The van der Waals surface area contributed by atoms with Crippen LogP contribution in [0.1, 0.15) is 53.2 Å². The van der Waals surface area contributed by atoms with Crippen molar-refractivity contribution in [1.82, 2.24) is 9.55 Å². The van der Waals surface area contributed by atoms with Crippen LogP contribution < -0.4 is 4.90 Å². The van der Waals surface area contributed by atoms with Gasteiger partial charge in [-0.3, -0.25) is 9.69 Å². The van der Waals surface area contributed by atoms with Gasteiger partial charge in [0.1, 0.15) is 12.1 Å². The molecule has 4 rings (SSSR count). The normalized spacial score (nSPS) is 15.7. The highest BCUT2D eigenvalue weighted by atomic mass is 79.9. The van der Waals surface area contributed by atoms with Crippen LogP contribution in [0.15, 0.2) is 47.2 Å². The lowest BCUT2D eigenvalue weighted by Gasteiger charge is -2.28. The summed E-state index contributed by atoms with van der Waals surface area (Å²) >= 11 is 15.8. The van der Waals surface area contributed by atoms with Gasteiger partial charge in [0, 0.05) is 16.1 Å². The number of fused-ring (bicyclic) bond motifs is 1. The minimum Gasteiger partial charge on any atom is -0.317 e. The number of nitrogens with zero attached hydrogens (tertiary/aromatic N) is 4. The summed E-state index contributed by atoms with van der Waals surface area (Å²) < 4.78 is 2.58. The highest BCUT2D eigenvalue weighted by Gasteiger charge is 2.45. The van der Waals surface area contributed by atoms with Gasteiger partial charge in [-0.1, -0.05) is 35.3 Å². The van der Waals surface area contributed by atoms with Crippen molar-refractivity contribution in [2.24, 2.45) is 0 Å². The van der Waals surface area contributed by atoms with Crippen molar-refractivity contribution in [1.29, 1.82) is 5.26 Å². The zero-order valence-corrected chi connectivity index (χ0v) is 18.6. The fourth-order valence-electron chi connectivity index (χ4n) is 3.68. The largest absolute Gasteiger partial charge is 0.317 e. The average molecular weight is 490 g/mol. The molecule has 2 aromatic carbocycles. The molecule has 1 amide bonds. The molecule has 8 heteroatoms. The minimum atomic E-state index is -0.471. The molecule has 0 fully saturated rings. The molecule has 2 heterocycles. The molecule has 1 aliphatic rings. The Balaban J connectivity index is 2.01. The van der Waals surface area contributed by atoms with Crippen LogP contribution in [-0.4, -0.2) is 15.5 Å². The Kier molecular flexibility index (Phi) is 5.16. The predicted molar refractivity (Wildman–Crippen MR) is 117 cm³/mol. The van der Waals surface area contributed by atoms with Gasteiger partial charge in [0.25, 0.3) is 5.91 Å². The molecular weight excluding hydrogens is 475 g/mol. The Labute approximate surface area is 186 Å². The van der Waals surface area contributed by atoms with Crippen LogP contribution in [0, 0.1) is 11.3 Å². The number of anilines is 1. The molecule has 1 aromatic heterocycles. The smallest absolute Gasteiger partial charge is 0.279 e. The van der Waals surface area contributed by atoms with Gasteiger partial charge in [0.2, 0.25) is 0 Å². The van der Waals surface area contributed by atoms with Crippen molar-refractivity contribution >= 4 is 50.7 Å². The number of hydrogen-bond acceptors (Lipinski definition) is 3. The number of amides is 1. The van der Waals surface area contributed by atoms with Gasteiger partial charge < -0.3 is 4.57 Å². The molecule has 0 radical (unpaired) electrons. The van der Waals surface area contributed by atoms with E-state index in [-0.39, 0.29) is 11.9 Å². The Bertz CT molecular complexity index is 1160. The fraction of sp³-hybridized carbons (Fsp3) is 0.190. The number of carbonyl (C=O) groups excluding carboxylic acids is 1. The number of hydrogen-bond donors (Lipinski definition) is 0. The van der Waals surface area contributed by atoms with Crippen molar-refractivity contribution in [3.8, 4) is 6.07 Å². The van der Waals surface area contributed by atoms with Crippen molar-refractivity contribution in [3.63, 3.8) is 0 Å². The van der Waals surface area contributed by atoms with Crippen molar-refractivity contribution in [3.05, 3.63) is 79.8 Å².